The zero-order chi connectivity index (χ0) is 35.5. The van der Waals surface area contributed by atoms with Crippen molar-refractivity contribution in [2.75, 3.05) is 75.1 Å². The van der Waals surface area contributed by atoms with Crippen molar-refractivity contribution >= 4 is 85.0 Å². The fourth-order valence-corrected chi connectivity index (χ4v) is 0. The second kappa shape index (κ2) is 35.7. The Morgan fingerprint density at radius 3 is 0.415 bits per heavy atom. The third-order valence-electron chi connectivity index (χ3n) is 0.567. The Balaban J connectivity index is -0.0000000416. The Hall–Kier alpha value is 1.24. The average Bonchev–Trinajstić information content (AvgIpc) is 2.47. The van der Waals surface area contributed by atoms with E-state index in [1.54, 1.807) is 75.1 Å². The van der Waals surface area contributed by atoms with Crippen LogP contribution in [0.25, 0.3) is 0 Å². The summed E-state index contributed by atoms with van der Waals surface area (Å²) in [5.74, 6) is 0. The topological polar surface area (TPSA) is 217 Å². The summed E-state index contributed by atoms with van der Waals surface area (Å²) in [6.45, 7) is 0. The van der Waals surface area contributed by atoms with E-state index in [1.807, 2.05) is 0 Å². The standard InChI is InChI=1S/6C2H6OS.2CHF3O3S.Hg/c6*1-4(2)3;2*2-1(3,4)8(5,6)7;/h6*1-2H3;2*(H,5,6,7);/q;;;;;;;;+2/p-2. The molecule has 0 rings (SSSR count). The number of hydrogen-bond donors (Lipinski definition) is 0. The molecule has 41 heavy (non-hydrogen) atoms. The van der Waals surface area contributed by atoms with Crippen LogP contribution >= 0.6 is 0 Å². The van der Waals surface area contributed by atoms with Gasteiger partial charge in [-0.25, -0.2) is 16.8 Å². The third-order valence-corrected chi connectivity index (χ3v) is 1.70. The molecule has 0 aromatic rings. The van der Waals surface area contributed by atoms with Crippen molar-refractivity contribution in [3.05, 3.63) is 0 Å². The molecule has 0 unspecified atom stereocenters. The maximum atomic E-state index is 10.7. The summed E-state index contributed by atoms with van der Waals surface area (Å²) in [6.07, 6.45) is 19.7. The molecule has 0 atom stereocenters. The zero-order valence-electron chi connectivity index (χ0n) is 24.1. The largest absolute Gasteiger partial charge is 2.00 e. The number of rotatable bonds is 0. The first-order valence-corrected chi connectivity index (χ1v) is 23.1. The van der Waals surface area contributed by atoms with E-state index in [0.717, 1.165) is 0 Å². The summed E-state index contributed by atoms with van der Waals surface area (Å²) >= 11 is 0. The normalized spacial score (nSPS) is 10.6. The summed E-state index contributed by atoms with van der Waals surface area (Å²) in [5, 5.41) is 0. The van der Waals surface area contributed by atoms with Crippen molar-refractivity contribution in [3.8, 4) is 0 Å². The molecule has 0 spiro atoms. The van der Waals surface area contributed by atoms with Crippen LogP contribution in [0.5, 0.6) is 0 Å². The van der Waals surface area contributed by atoms with Gasteiger partial charge in [-0.1, -0.05) is 0 Å². The molecule has 0 radical (unpaired) electrons. The molecule has 0 N–H and O–H groups in total. The van der Waals surface area contributed by atoms with Gasteiger partial charge in [-0.3, -0.25) is 25.3 Å². The third kappa shape index (κ3) is 172. The van der Waals surface area contributed by atoms with Gasteiger partial charge < -0.3 is 9.11 Å². The van der Waals surface area contributed by atoms with Crippen LogP contribution < -0.4 is 0 Å². The van der Waals surface area contributed by atoms with Gasteiger partial charge in [0.2, 0.25) is 0 Å². The van der Waals surface area contributed by atoms with Crippen molar-refractivity contribution in [2.24, 2.45) is 0 Å². The molecular weight excluding hydrogens is 931 g/mol. The van der Waals surface area contributed by atoms with E-state index in [9.17, 15) is 51.6 Å². The van der Waals surface area contributed by atoms with Crippen LogP contribution in [0.1, 0.15) is 0 Å². The molecule has 0 fully saturated rings. The van der Waals surface area contributed by atoms with Gasteiger partial charge in [-0.05, 0) is 0 Å². The van der Waals surface area contributed by atoms with Crippen LogP contribution in [0.4, 0.5) is 26.3 Å². The van der Waals surface area contributed by atoms with Crippen molar-refractivity contribution in [1.82, 2.24) is 0 Å². The first kappa shape index (κ1) is 65.0. The van der Waals surface area contributed by atoms with Gasteiger partial charge >= 0.3 is 38.7 Å². The molecule has 0 aliphatic heterocycles. The van der Waals surface area contributed by atoms with Crippen LogP contribution in [0.2, 0.25) is 0 Å². The van der Waals surface area contributed by atoms with Crippen molar-refractivity contribution in [2.45, 2.75) is 11.0 Å². The van der Waals surface area contributed by atoms with Crippen molar-refractivity contribution in [1.29, 1.82) is 0 Å². The molecule has 27 heteroatoms. The van der Waals surface area contributed by atoms with Crippen LogP contribution in [-0.2, 0) is 113 Å². The second-order valence-corrected chi connectivity index (χ2v) is 17.9. The van der Waals surface area contributed by atoms with E-state index in [2.05, 4.69) is 0 Å². The average molecular weight is 968 g/mol. The van der Waals surface area contributed by atoms with Crippen LogP contribution in [0.15, 0.2) is 0 Å². The van der Waals surface area contributed by atoms with Crippen LogP contribution in [-0.4, -0.2) is 137 Å². The zero-order valence-corrected chi connectivity index (χ0v) is 36.2. The molecule has 0 aliphatic rings. The number of hydrogen-bond acceptors (Lipinski definition) is 12. The van der Waals surface area contributed by atoms with E-state index in [4.69, 9.17) is 25.9 Å². The Bertz CT molecular complexity index is 810. The van der Waals surface area contributed by atoms with Crippen molar-refractivity contribution < 1.29 is 105 Å². The van der Waals surface area contributed by atoms with E-state index in [1.165, 1.54) is 0 Å². The molecular formula is C14H36F6HgO12S8. The SMILES string of the molecule is CS(C)=O.CS(C)=O.CS(C)=O.CS(C)=O.CS(C)=O.CS(C)=O.O=S(=O)([O-])C(F)(F)F.O=S(=O)([O-])C(F)(F)F.[Hg+2]. The first-order chi connectivity index (χ1) is 16.9. The number of halogens is 6. The van der Waals surface area contributed by atoms with Gasteiger partial charge in [0.1, 0.15) is 0 Å². The quantitative estimate of drug-likeness (QED) is 0.137. The predicted octanol–water partition coefficient (Wildman–Crippen LogP) is 0.0685. The fraction of sp³-hybridized carbons (Fsp3) is 1.00. The second-order valence-electron chi connectivity index (χ2n) is 6.25. The van der Waals surface area contributed by atoms with Gasteiger partial charge in [-0.15, -0.1) is 0 Å². The summed E-state index contributed by atoms with van der Waals surface area (Å²) in [4.78, 5) is 0. The summed E-state index contributed by atoms with van der Waals surface area (Å²) in [7, 11) is -15.8. The van der Waals surface area contributed by atoms with Gasteiger partial charge in [0.15, 0.2) is 20.2 Å². The molecule has 0 aromatic carbocycles. The van der Waals surface area contributed by atoms with E-state index in [0.29, 0.717) is 0 Å². The summed E-state index contributed by atoms with van der Waals surface area (Å²) in [5.41, 5.74) is -11.3. The van der Waals surface area contributed by atoms with Gasteiger partial charge in [-0.2, -0.15) is 26.3 Å². The minimum Gasteiger partial charge on any atom is -0.741 e. The van der Waals surface area contributed by atoms with Gasteiger partial charge in [0.05, 0.1) is 0 Å². The molecule has 0 aliphatic carbocycles. The molecule has 0 saturated carbocycles. The van der Waals surface area contributed by atoms with E-state index < -0.39 is 96.1 Å². The minimum atomic E-state index is -6.09. The number of alkyl halides is 6. The maximum absolute atomic E-state index is 10.7. The molecule has 0 aromatic heterocycles. The fourth-order valence-electron chi connectivity index (χ4n) is 0. The molecule has 0 amide bonds. The maximum Gasteiger partial charge on any atom is 2.00 e. The van der Waals surface area contributed by atoms with Gasteiger partial charge in [0, 0.05) is 140 Å². The minimum absolute atomic E-state index is 0. The molecule has 12 nitrogen and oxygen atoms in total. The Labute approximate surface area is 274 Å². The summed E-state index contributed by atoms with van der Waals surface area (Å²) in [6, 6.07) is 0. The van der Waals surface area contributed by atoms with Crippen LogP contribution in [0.3, 0.4) is 0 Å². The molecule has 0 bridgehead atoms. The molecule has 0 saturated heterocycles. The summed E-state index contributed by atoms with van der Waals surface area (Å²) < 4.78 is 175. The van der Waals surface area contributed by atoms with Gasteiger partial charge in [0.25, 0.3) is 0 Å². The molecule has 0 heterocycles. The monoisotopic (exact) mass is 968 g/mol. The Morgan fingerprint density at radius 2 is 0.415 bits per heavy atom. The Morgan fingerprint density at radius 1 is 0.390 bits per heavy atom. The predicted molar refractivity (Wildman–Crippen MR) is 151 cm³/mol. The first-order valence-electron chi connectivity index (χ1n) is 8.44. The Kier molecular flexibility index (Phi) is 56.6. The van der Waals surface area contributed by atoms with E-state index >= 15 is 0 Å². The van der Waals surface area contributed by atoms with Crippen molar-refractivity contribution in [3.63, 3.8) is 0 Å². The van der Waals surface area contributed by atoms with E-state index in [-0.39, 0.29) is 27.7 Å². The van der Waals surface area contributed by atoms with Crippen LogP contribution in [0, 0.1) is 0 Å². The molecule has 256 valence electrons. The smallest absolute Gasteiger partial charge is 0.741 e.